The quantitative estimate of drug-likeness (QED) is 0.711. The minimum Gasteiger partial charge on any atom is -0.391 e. The molecule has 0 bridgehead atoms. The van der Waals surface area contributed by atoms with E-state index >= 15 is 0 Å². The van der Waals surface area contributed by atoms with E-state index in [4.69, 9.17) is 0 Å². The fraction of sp³-hybridized carbons (Fsp3) is 0.917. The first-order valence-corrected chi connectivity index (χ1v) is 8.72. The Bertz CT molecular complexity index is 221. The van der Waals surface area contributed by atoms with Gasteiger partial charge in [-0.25, -0.2) is 0 Å². The van der Waals surface area contributed by atoms with Crippen LogP contribution in [0.3, 0.4) is 0 Å². The Labute approximate surface area is 112 Å². The van der Waals surface area contributed by atoms with Crippen molar-refractivity contribution in [2.75, 3.05) is 24.3 Å². The lowest BCUT2D eigenvalue weighted by Crippen LogP contribution is -2.33. The van der Waals surface area contributed by atoms with E-state index in [-0.39, 0.29) is 5.91 Å². The molecule has 1 fully saturated rings. The second-order valence-corrected chi connectivity index (χ2v) is 6.73. The standard InChI is InChI=1S/C12H23NO2S2/c1-16-7-6-10(14)8-13-12(15)9-17-11-4-2-3-5-11/h10-11,14H,2-9H2,1H3,(H,13,15). The van der Waals surface area contributed by atoms with Crippen molar-refractivity contribution in [1.29, 1.82) is 0 Å². The summed E-state index contributed by atoms with van der Waals surface area (Å²) in [6.45, 7) is 0.393. The van der Waals surface area contributed by atoms with Gasteiger partial charge in [-0.3, -0.25) is 4.79 Å². The number of aliphatic hydroxyl groups is 1. The van der Waals surface area contributed by atoms with Crippen LogP contribution in [0, 0.1) is 0 Å². The third-order valence-corrected chi connectivity index (χ3v) is 4.96. The van der Waals surface area contributed by atoms with Crippen LogP contribution in [0.2, 0.25) is 0 Å². The van der Waals surface area contributed by atoms with Crippen LogP contribution in [-0.4, -0.2) is 46.7 Å². The highest BCUT2D eigenvalue weighted by atomic mass is 32.2. The fourth-order valence-electron chi connectivity index (χ4n) is 1.89. The molecule has 1 aliphatic rings. The summed E-state index contributed by atoms with van der Waals surface area (Å²) in [6, 6.07) is 0. The first-order chi connectivity index (χ1) is 8.22. The molecule has 1 saturated carbocycles. The van der Waals surface area contributed by atoms with Gasteiger partial charge in [0.15, 0.2) is 0 Å². The monoisotopic (exact) mass is 277 g/mol. The maximum absolute atomic E-state index is 11.5. The molecule has 2 N–H and O–H groups in total. The van der Waals surface area contributed by atoms with E-state index in [1.807, 2.05) is 6.26 Å². The minimum absolute atomic E-state index is 0.0603. The molecule has 100 valence electrons. The number of aliphatic hydroxyl groups excluding tert-OH is 1. The van der Waals surface area contributed by atoms with Crippen molar-refractivity contribution in [1.82, 2.24) is 5.32 Å². The van der Waals surface area contributed by atoms with Crippen molar-refractivity contribution in [3.05, 3.63) is 0 Å². The third kappa shape index (κ3) is 7.21. The summed E-state index contributed by atoms with van der Waals surface area (Å²) >= 11 is 3.48. The van der Waals surface area contributed by atoms with Crippen molar-refractivity contribution >= 4 is 29.4 Å². The van der Waals surface area contributed by atoms with Crippen LogP contribution < -0.4 is 5.32 Å². The van der Waals surface area contributed by atoms with Crippen molar-refractivity contribution in [3.8, 4) is 0 Å². The van der Waals surface area contributed by atoms with Gasteiger partial charge < -0.3 is 10.4 Å². The Morgan fingerprint density at radius 3 is 2.82 bits per heavy atom. The van der Waals surface area contributed by atoms with Crippen LogP contribution in [0.25, 0.3) is 0 Å². The van der Waals surface area contributed by atoms with Gasteiger partial charge in [-0.1, -0.05) is 12.8 Å². The first-order valence-electron chi connectivity index (χ1n) is 6.27. The third-order valence-electron chi connectivity index (χ3n) is 2.94. The minimum atomic E-state index is -0.400. The largest absolute Gasteiger partial charge is 0.391 e. The van der Waals surface area contributed by atoms with Gasteiger partial charge in [0.2, 0.25) is 5.91 Å². The van der Waals surface area contributed by atoms with E-state index in [1.165, 1.54) is 25.7 Å². The lowest BCUT2D eigenvalue weighted by Gasteiger charge is -2.12. The van der Waals surface area contributed by atoms with E-state index in [2.05, 4.69) is 5.32 Å². The smallest absolute Gasteiger partial charge is 0.230 e. The fourth-order valence-corrected chi connectivity index (χ4v) is 3.55. The molecule has 17 heavy (non-hydrogen) atoms. The van der Waals surface area contributed by atoms with Crippen LogP contribution in [0.4, 0.5) is 0 Å². The topological polar surface area (TPSA) is 49.3 Å². The van der Waals surface area contributed by atoms with Crippen molar-refractivity contribution < 1.29 is 9.90 Å². The van der Waals surface area contributed by atoms with E-state index < -0.39 is 6.10 Å². The number of carbonyl (C=O) groups excluding carboxylic acids is 1. The van der Waals surface area contributed by atoms with Gasteiger partial charge in [-0.2, -0.15) is 11.8 Å². The number of rotatable bonds is 8. The van der Waals surface area contributed by atoms with Gasteiger partial charge >= 0.3 is 0 Å². The van der Waals surface area contributed by atoms with Crippen molar-refractivity contribution in [3.63, 3.8) is 0 Å². The maximum atomic E-state index is 11.5. The number of hydrogen-bond donors (Lipinski definition) is 2. The van der Waals surface area contributed by atoms with Crippen LogP contribution in [0.1, 0.15) is 32.1 Å². The highest BCUT2D eigenvalue weighted by Gasteiger charge is 2.16. The Balaban J connectivity index is 2.00. The summed E-state index contributed by atoms with van der Waals surface area (Å²) in [6.07, 6.45) is 7.51. The molecule has 1 atom stereocenters. The molecule has 1 aliphatic carbocycles. The van der Waals surface area contributed by atoms with Crippen LogP contribution in [0.15, 0.2) is 0 Å². The predicted molar refractivity (Wildman–Crippen MR) is 76.7 cm³/mol. The molecule has 0 radical (unpaired) electrons. The molecule has 3 nitrogen and oxygen atoms in total. The number of nitrogens with one attached hydrogen (secondary N) is 1. The van der Waals surface area contributed by atoms with Crippen molar-refractivity contribution in [2.24, 2.45) is 0 Å². The molecule has 0 saturated heterocycles. The molecule has 0 spiro atoms. The number of amides is 1. The zero-order valence-electron chi connectivity index (χ0n) is 10.5. The Morgan fingerprint density at radius 2 is 2.18 bits per heavy atom. The van der Waals surface area contributed by atoms with Gasteiger partial charge in [0.25, 0.3) is 0 Å². The first kappa shape index (κ1) is 15.2. The lowest BCUT2D eigenvalue weighted by atomic mass is 10.3. The Hall–Kier alpha value is 0.130. The summed E-state index contributed by atoms with van der Waals surface area (Å²) in [5.41, 5.74) is 0. The number of hydrogen-bond acceptors (Lipinski definition) is 4. The zero-order chi connectivity index (χ0) is 12.5. The highest BCUT2D eigenvalue weighted by molar-refractivity contribution is 8.00. The van der Waals surface area contributed by atoms with Crippen LogP contribution >= 0.6 is 23.5 Å². The SMILES string of the molecule is CSCCC(O)CNC(=O)CSC1CCCC1. The van der Waals surface area contributed by atoms with Crippen LogP contribution in [-0.2, 0) is 4.79 Å². The summed E-state index contributed by atoms with van der Waals surface area (Å²) < 4.78 is 0. The van der Waals surface area contributed by atoms with Gasteiger partial charge in [0, 0.05) is 11.8 Å². The number of carbonyl (C=O) groups is 1. The van der Waals surface area contributed by atoms with Gasteiger partial charge in [0.1, 0.15) is 0 Å². The van der Waals surface area contributed by atoms with Gasteiger partial charge in [-0.15, -0.1) is 11.8 Å². The summed E-state index contributed by atoms with van der Waals surface area (Å²) in [5.74, 6) is 1.54. The van der Waals surface area contributed by atoms with Gasteiger partial charge in [0.05, 0.1) is 11.9 Å². The summed E-state index contributed by atoms with van der Waals surface area (Å²) in [7, 11) is 0. The second kappa shape index (κ2) is 9.11. The number of thioether (sulfide) groups is 2. The van der Waals surface area contributed by atoms with Gasteiger partial charge in [-0.05, 0) is 31.3 Å². The molecule has 0 aromatic heterocycles. The summed E-state index contributed by atoms with van der Waals surface area (Å²) in [5, 5.41) is 13.1. The summed E-state index contributed by atoms with van der Waals surface area (Å²) in [4.78, 5) is 11.5. The molecular formula is C12H23NO2S2. The molecule has 5 heteroatoms. The highest BCUT2D eigenvalue weighted by Crippen LogP contribution is 2.28. The predicted octanol–water partition coefficient (Wildman–Crippen LogP) is 1.89. The van der Waals surface area contributed by atoms with E-state index in [1.54, 1.807) is 23.5 Å². The normalized spacial score (nSPS) is 18.2. The zero-order valence-corrected chi connectivity index (χ0v) is 12.1. The van der Waals surface area contributed by atoms with Crippen molar-refractivity contribution in [2.45, 2.75) is 43.5 Å². The maximum Gasteiger partial charge on any atom is 0.230 e. The lowest BCUT2D eigenvalue weighted by molar-refractivity contribution is -0.119. The molecule has 1 amide bonds. The van der Waals surface area contributed by atoms with E-state index in [0.29, 0.717) is 17.5 Å². The molecule has 0 aromatic rings. The Kier molecular flexibility index (Phi) is 8.14. The van der Waals surface area contributed by atoms with Crippen LogP contribution in [0.5, 0.6) is 0 Å². The molecule has 0 aliphatic heterocycles. The van der Waals surface area contributed by atoms with E-state index in [9.17, 15) is 9.90 Å². The second-order valence-electron chi connectivity index (χ2n) is 4.46. The van der Waals surface area contributed by atoms with E-state index in [0.717, 1.165) is 12.2 Å². The molecule has 0 aromatic carbocycles. The molecule has 0 heterocycles. The average molecular weight is 277 g/mol. The Morgan fingerprint density at radius 1 is 1.47 bits per heavy atom. The molecule has 1 unspecified atom stereocenters. The molecular weight excluding hydrogens is 254 g/mol. The molecule has 1 rings (SSSR count). The average Bonchev–Trinajstić information content (AvgIpc) is 2.84.